The van der Waals surface area contributed by atoms with Crippen molar-refractivity contribution >= 4 is 23.4 Å². The van der Waals surface area contributed by atoms with Crippen molar-refractivity contribution in [3.63, 3.8) is 0 Å². The van der Waals surface area contributed by atoms with Gasteiger partial charge in [-0.05, 0) is 19.3 Å². The second-order valence-corrected chi connectivity index (χ2v) is 6.79. The van der Waals surface area contributed by atoms with Gasteiger partial charge in [0.25, 0.3) is 0 Å². The average Bonchev–Trinajstić information content (AvgIpc) is 3.29. The normalized spacial score (nSPS) is 16.2. The van der Waals surface area contributed by atoms with Crippen LogP contribution < -0.4 is 10.6 Å². The molecule has 0 aromatic carbocycles. The summed E-state index contributed by atoms with van der Waals surface area (Å²) in [7, 11) is 1.85. The van der Waals surface area contributed by atoms with Crippen LogP contribution in [0.4, 0.5) is 17.5 Å². The highest BCUT2D eigenvalue weighted by Gasteiger charge is 2.25. The fourth-order valence-corrected chi connectivity index (χ4v) is 3.08. The SMILES string of the molecule is Cc1cnc(Nc2cnn(C)c2)nc1NC[C@H]1CCN(C(=O)CCC#N)C1. The molecule has 0 unspecified atom stereocenters. The maximum atomic E-state index is 12.0. The fourth-order valence-electron chi connectivity index (χ4n) is 3.08. The van der Waals surface area contributed by atoms with E-state index in [1.807, 2.05) is 31.1 Å². The minimum atomic E-state index is 0.0697. The minimum absolute atomic E-state index is 0.0697. The molecule has 0 bridgehead atoms. The van der Waals surface area contributed by atoms with Crippen LogP contribution in [0.25, 0.3) is 0 Å². The molecule has 3 heterocycles. The van der Waals surface area contributed by atoms with E-state index in [9.17, 15) is 4.79 Å². The van der Waals surface area contributed by atoms with Crippen LogP contribution in [0.1, 0.15) is 24.8 Å². The van der Waals surface area contributed by atoms with Crippen molar-refractivity contribution in [2.75, 3.05) is 30.3 Å². The van der Waals surface area contributed by atoms with E-state index in [4.69, 9.17) is 5.26 Å². The number of carbonyl (C=O) groups excluding carboxylic acids is 1. The smallest absolute Gasteiger partial charge is 0.229 e. The number of carbonyl (C=O) groups is 1. The lowest BCUT2D eigenvalue weighted by atomic mass is 10.1. The molecule has 0 radical (unpaired) electrons. The molecule has 9 heteroatoms. The van der Waals surface area contributed by atoms with Crippen LogP contribution in [0.15, 0.2) is 18.6 Å². The van der Waals surface area contributed by atoms with Gasteiger partial charge < -0.3 is 15.5 Å². The van der Waals surface area contributed by atoms with Gasteiger partial charge in [0.1, 0.15) is 5.82 Å². The number of nitrogens with zero attached hydrogens (tertiary/aromatic N) is 6. The van der Waals surface area contributed by atoms with Gasteiger partial charge in [0.15, 0.2) is 0 Å². The molecule has 1 amide bonds. The van der Waals surface area contributed by atoms with Crippen LogP contribution in [0.5, 0.6) is 0 Å². The van der Waals surface area contributed by atoms with E-state index >= 15 is 0 Å². The fraction of sp³-hybridized carbons (Fsp3) is 0.500. The summed E-state index contributed by atoms with van der Waals surface area (Å²) in [5, 5.41) is 19.2. The molecule has 27 heavy (non-hydrogen) atoms. The molecule has 0 saturated carbocycles. The molecule has 1 saturated heterocycles. The zero-order chi connectivity index (χ0) is 19.2. The zero-order valence-corrected chi connectivity index (χ0v) is 15.6. The summed E-state index contributed by atoms with van der Waals surface area (Å²) in [5.41, 5.74) is 1.79. The third kappa shape index (κ3) is 4.94. The molecule has 3 rings (SSSR count). The maximum absolute atomic E-state index is 12.0. The van der Waals surface area contributed by atoms with Gasteiger partial charge in [-0.3, -0.25) is 9.48 Å². The van der Waals surface area contributed by atoms with Crippen molar-refractivity contribution in [2.24, 2.45) is 13.0 Å². The summed E-state index contributed by atoms with van der Waals surface area (Å²) < 4.78 is 1.71. The number of aromatic nitrogens is 4. The lowest BCUT2D eigenvalue weighted by Gasteiger charge is -2.17. The summed E-state index contributed by atoms with van der Waals surface area (Å²) in [6.07, 6.45) is 6.90. The Balaban J connectivity index is 1.54. The molecule has 1 fully saturated rings. The quantitative estimate of drug-likeness (QED) is 0.767. The first-order valence-electron chi connectivity index (χ1n) is 9.03. The summed E-state index contributed by atoms with van der Waals surface area (Å²) in [4.78, 5) is 22.7. The molecule has 142 valence electrons. The number of rotatable bonds is 7. The second kappa shape index (κ2) is 8.49. The summed E-state index contributed by atoms with van der Waals surface area (Å²) >= 11 is 0. The van der Waals surface area contributed by atoms with Crippen LogP contribution in [0, 0.1) is 24.2 Å². The van der Waals surface area contributed by atoms with Crippen molar-refractivity contribution < 1.29 is 4.79 Å². The Labute approximate surface area is 158 Å². The zero-order valence-electron chi connectivity index (χ0n) is 15.6. The van der Waals surface area contributed by atoms with Crippen LogP contribution in [-0.2, 0) is 11.8 Å². The van der Waals surface area contributed by atoms with Gasteiger partial charge in [-0.1, -0.05) is 0 Å². The van der Waals surface area contributed by atoms with E-state index in [0.717, 1.165) is 43.1 Å². The minimum Gasteiger partial charge on any atom is -0.369 e. The second-order valence-electron chi connectivity index (χ2n) is 6.79. The van der Waals surface area contributed by atoms with Crippen molar-refractivity contribution in [2.45, 2.75) is 26.2 Å². The Morgan fingerprint density at radius 2 is 2.30 bits per heavy atom. The number of anilines is 3. The van der Waals surface area contributed by atoms with E-state index < -0.39 is 0 Å². The summed E-state index contributed by atoms with van der Waals surface area (Å²) in [6.45, 7) is 4.18. The summed E-state index contributed by atoms with van der Waals surface area (Å²) in [5.74, 6) is 1.74. The molecule has 2 aromatic heterocycles. The van der Waals surface area contributed by atoms with Crippen molar-refractivity contribution in [3.8, 4) is 6.07 Å². The molecule has 1 atom stereocenters. The number of amides is 1. The van der Waals surface area contributed by atoms with Gasteiger partial charge in [-0.15, -0.1) is 0 Å². The predicted octanol–water partition coefficient (Wildman–Crippen LogP) is 1.83. The number of aryl methyl sites for hydroxylation is 2. The van der Waals surface area contributed by atoms with E-state index in [1.54, 1.807) is 17.1 Å². The Bertz CT molecular complexity index is 840. The standard InChI is InChI=1S/C18H24N8O/c1-13-8-21-18(23-15-10-22-25(2)12-15)24-17(13)20-9-14-5-7-26(11-14)16(27)4-3-6-19/h8,10,12,14H,3-5,7,9,11H2,1-2H3,(H2,20,21,23,24)/t14-/m1/s1. The molecule has 2 N–H and O–H groups in total. The van der Waals surface area contributed by atoms with E-state index in [0.29, 0.717) is 18.3 Å². The third-order valence-corrected chi connectivity index (χ3v) is 4.58. The van der Waals surface area contributed by atoms with E-state index in [-0.39, 0.29) is 12.3 Å². The maximum Gasteiger partial charge on any atom is 0.229 e. The average molecular weight is 368 g/mol. The van der Waals surface area contributed by atoms with Gasteiger partial charge in [-0.2, -0.15) is 15.3 Å². The highest BCUT2D eigenvalue weighted by Crippen LogP contribution is 2.20. The number of nitriles is 1. The predicted molar refractivity (Wildman–Crippen MR) is 101 cm³/mol. The van der Waals surface area contributed by atoms with Crippen LogP contribution in [0.2, 0.25) is 0 Å². The number of hydrogen-bond donors (Lipinski definition) is 2. The molecule has 2 aromatic rings. The first-order chi connectivity index (χ1) is 13.0. The Morgan fingerprint density at radius 1 is 1.44 bits per heavy atom. The van der Waals surface area contributed by atoms with Gasteiger partial charge in [0.2, 0.25) is 11.9 Å². The first-order valence-corrected chi connectivity index (χ1v) is 9.03. The number of likely N-dealkylation sites (tertiary alicyclic amines) is 1. The lowest BCUT2D eigenvalue weighted by Crippen LogP contribution is -2.29. The molecule has 0 spiro atoms. The topological polar surface area (TPSA) is 112 Å². The number of hydrogen-bond acceptors (Lipinski definition) is 7. The molecular weight excluding hydrogens is 344 g/mol. The first kappa shape index (κ1) is 18.6. The van der Waals surface area contributed by atoms with Crippen LogP contribution in [-0.4, -0.2) is 50.2 Å². The van der Waals surface area contributed by atoms with Gasteiger partial charge >= 0.3 is 0 Å². The molecule has 1 aliphatic rings. The Morgan fingerprint density at radius 3 is 3.04 bits per heavy atom. The highest BCUT2D eigenvalue weighted by molar-refractivity contribution is 5.76. The van der Waals surface area contributed by atoms with Crippen molar-refractivity contribution in [3.05, 3.63) is 24.2 Å². The van der Waals surface area contributed by atoms with Gasteiger partial charge in [0, 0.05) is 57.5 Å². The van der Waals surface area contributed by atoms with Crippen LogP contribution in [0.3, 0.4) is 0 Å². The van der Waals surface area contributed by atoms with E-state index in [2.05, 4.69) is 25.7 Å². The highest BCUT2D eigenvalue weighted by atomic mass is 16.2. The lowest BCUT2D eigenvalue weighted by molar-refractivity contribution is -0.130. The molecule has 9 nitrogen and oxygen atoms in total. The Kier molecular flexibility index (Phi) is 5.86. The van der Waals surface area contributed by atoms with Gasteiger partial charge in [0.05, 0.1) is 18.0 Å². The molecule has 0 aliphatic carbocycles. The Hall–Kier alpha value is -3.15. The summed E-state index contributed by atoms with van der Waals surface area (Å²) in [6, 6.07) is 2.02. The number of nitrogens with one attached hydrogen (secondary N) is 2. The van der Waals surface area contributed by atoms with E-state index in [1.165, 1.54) is 0 Å². The third-order valence-electron chi connectivity index (χ3n) is 4.58. The van der Waals surface area contributed by atoms with Crippen molar-refractivity contribution in [1.29, 1.82) is 5.26 Å². The largest absolute Gasteiger partial charge is 0.369 e. The molecular formula is C18H24N8O. The monoisotopic (exact) mass is 368 g/mol. The van der Waals surface area contributed by atoms with Crippen LogP contribution >= 0.6 is 0 Å². The van der Waals surface area contributed by atoms with Gasteiger partial charge in [-0.25, -0.2) is 4.98 Å². The molecule has 1 aliphatic heterocycles. The van der Waals surface area contributed by atoms with Crippen molar-refractivity contribution in [1.82, 2.24) is 24.6 Å².